The minimum Gasteiger partial charge on any atom is -0.494 e. The summed E-state index contributed by atoms with van der Waals surface area (Å²) in [5.74, 6) is 0.896. The first-order valence-electron chi connectivity index (χ1n) is 4.62. The first kappa shape index (κ1) is 13.7. The number of halogens is 1. The third kappa shape index (κ3) is 7.74. The van der Waals surface area contributed by atoms with Crippen LogP contribution in [0.2, 0.25) is 5.02 Å². The maximum atomic E-state index is 8.12. The van der Waals surface area contributed by atoms with Crippen molar-refractivity contribution in [3.8, 4) is 5.75 Å². The topological polar surface area (TPSA) is 43.4 Å². The van der Waals surface area contributed by atoms with Crippen LogP contribution in [0.3, 0.4) is 0 Å². The van der Waals surface area contributed by atoms with Crippen LogP contribution in [-0.4, -0.2) is 12.8 Å². The van der Waals surface area contributed by atoms with Crippen LogP contribution in [0.4, 0.5) is 0 Å². The Morgan fingerprint density at radius 1 is 1.27 bits per heavy atom. The Hall–Kier alpha value is -1.31. The maximum absolute atomic E-state index is 8.12. The first-order valence-corrected chi connectivity index (χ1v) is 5.00. The maximum Gasteiger partial charge on any atom is 0.373 e. The minimum atomic E-state index is 0.250. The highest BCUT2D eigenvalue weighted by molar-refractivity contribution is 6.30. The second-order valence-electron chi connectivity index (χ2n) is 2.74. The second kappa shape index (κ2) is 9.25. The standard InChI is InChI=1S/C10H13ClO.CO2/c1-2-3-8-12-10-6-4-9(11)5-7-10;2-1-3/h4-7H,2-3,8H2,1H3;. The highest BCUT2D eigenvalue weighted by atomic mass is 35.5. The normalized spacial score (nSPS) is 8.40. The van der Waals surface area contributed by atoms with Gasteiger partial charge >= 0.3 is 6.15 Å². The zero-order valence-corrected chi connectivity index (χ0v) is 9.29. The minimum absolute atomic E-state index is 0.250. The van der Waals surface area contributed by atoms with Crippen LogP contribution in [0.15, 0.2) is 24.3 Å². The molecule has 0 aromatic heterocycles. The van der Waals surface area contributed by atoms with Gasteiger partial charge in [-0.2, -0.15) is 9.59 Å². The number of ether oxygens (including phenoxy) is 1. The van der Waals surface area contributed by atoms with E-state index < -0.39 is 0 Å². The van der Waals surface area contributed by atoms with E-state index in [9.17, 15) is 0 Å². The second-order valence-corrected chi connectivity index (χ2v) is 3.18. The summed E-state index contributed by atoms with van der Waals surface area (Å²) >= 11 is 5.72. The average Bonchev–Trinajstić information content (AvgIpc) is 2.23. The summed E-state index contributed by atoms with van der Waals surface area (Å²) in [4.78, 5) is 16.2. The number of unbranched alkanes of at least 4 members (excludes halogenated alkanes) is 1. The molecule has 0 heterocycles. The SMILES string of the molecule is CCCCOc1ccc(Cl)cc1.O=C=O. The molecule has 3 nitrogen and oxygen atoms in total. The van der Waals surface area contributed by atoms with Crippen LogP contribution < -0.4 is 4.74 Å². The van der Waals surface area contributed by atoms with E-state index in [0.717, 1.165) is 30.2 Å². The summed E-state index contributed by atoms with van der Waals surface area (Å²) in [6.45, 7) is 2.93. The Balaban J connectivity index is 0.000000583. The van der Waals surface area contributed by atoms with Gasteiger partial charge < -0.3 is 4.74 Å². The molecule has 0 saturated carbocycles. The van der Waals surface area contributed by atoms with E-state index in [-0.39, 0.29) is 6.15 Å². The van der Waals surface area contributed by atoms with E-state index in [1.54, 1.807) is 0 Å². The number of hydrogen-bond acceptors (Lipinski definition) is 3. The van der Waals surface area contributed by atoms with Crippen LogP contribution in [-0.2, 0) is 9.59 Å². The van der Waals surface area contributed by atoms with Crippen molar-refractivity contribution in [2.75, 3.05) is 6.61 Å². The molecule has 4 heteroatoms. The smallest absolute Gasteiger partial charge is 0.373 e. The van der Waals surface area contributed by atoms with Crippen molar-refractivity contribution in [3.05, 3.63) is 29.3 Å². The summed E-state index contributed by atoms with van der Waals surface area (Å²) < 4.78 is 5.44. The van der Waals surface area contributed by atoms with Gasteiger partial charge in [0.25, 0.3) is 0 Å². The van der Waals surface area contributed by atoms with Gasteiger partial charge in [0.2, 0.25) is 0 Å². The average molecular weight is 229 g/mol. The molecule has 0 unspecified atom stereocenters. The highest BCUT2D eigenvalue weighted by Gasteiger charge is 1.91. The summed E-state index contributed by atoms with van der Waals surface area (Å²) in [7, 11) is 0. The zero-order valence-electron chi connectivity index (χ0n) is 8.53. The van der Waals surface area contributed by atoms with Gasteiger partial charge in [0.05, 0.1) is 6.61 Å². The van der Waals surface area contributed by atoms with Crippen molar-refractivity contribution in [3.63, 3.8) is 0 Å². The third-order valence-corrected chi connectivity index (χ3v) is 1.83. The first-order chi connectivity index (χ1) is 7.24. The lowest BCUT2D eigenvalue weighted by molar-refractivity contribution is -0.191. The Bertz CT molecular complexity index is 289. The van der Waals surface area contributed by atoms with Gasteiger partial charge in [-0.25, -0.2) is 0 Å². The van der Waals surface area contributed by atoms with Gasteiger partial charge in [-0.05, 0) is 30.7 Å². The van der Waals surface area contributed by atoms with E-state index in [2.05, 4.69) is 6.92 Å². The molecule has 1 aromatic carbocycles. The fraction of sp³-hybridized carbons (Fsp3) is 0.364. The van der Waals surface area contributed by atoms with Crippen molar-refractivity contribution in [1.82, 2.24) is 0 Å². The van der Waals surface area contributed by atoms with Crippen LogP contribution in [0.25, 0.3) is 0 Å². The van der Waals surface area contributed by atoms with Gasteiger partial charge in [-0.15, -0.1) is 0 Å². The van der Waals surface area contributed by atoms with Crippen LogP contribution in [0.5, 0.6) is 5.75 Å². The van der Waals surface area contributed by atoms with Gasteiger partial charge in [0.15, 0.2) is 0 Å². The lowest BCUT2D eigenvalue weighted by Crippen LogP contribution is -1.95. The van der Waals surface area contributed by atoms with Crippen LogP contribution in [0, 0.1) is 0 Å². The molecule has 0 radical (unpaired) electrons. The molecule has 0 amide bonds. The number of rotatable bonds is 4. The van der Waals surface area contributed by atoms with Crippen molar-refractivity contribution in [2.24, 2.45) is 0 Å². The fourth-order valence-electron chi connectivity index (χ4n) is 0.865. The van der Waals surface area contributed by atoms with Crippen molar-refractivity contribution < 1.29 is 14.3 Å². The lowest BCUT2D eigenvalue weighted by Gasteiger charge is -2.03. The van der Waals surface area contributed by atoms with Gasteiger partial charge in [0.1, 0.15) is 5.75 Å². The predicted molar refractivity (Wildman–Crippen MR) is 56.9 cm³/mol. The van der Waals surface area contributed by atoms with Crippen molar-refractivity contribution in [2.45, 2.75) is 19.8 Å². The quantitative estimate of drug-likeness (QED) is 0.745. The summed E-state index contributed by atoms with van der Waals surface area (Å²) in [5.41, 5.74) is 0. The monoisotopic (exact) mass is 228 g/mol. The molecule has 0 aliphatic carbocycles. The van der Waals surface area contributed by atoms with Crippen LogP contribution >= 0.6 is 11.6 Å². The molecule has 0 aliphatic heterocycles. The van der Waals surface area contributed by atoms with Gasteiger partial charge in [0, 0.05) is 5.02 Å². The molecule has 0 bridgehead atoms. The van der Waals surface area contributed by atoms with Crippen LogP contribution in [0.1, 0.15) is 19.8 Å². The molecule has 0 saturated heterocycles. The summed E-state index contributed by atoms with van der Waals surface area (Å²) in [6, 6.07) is 7.45. The lowest BCUT2D eigenvalue weighted by atomic mass is 10.3. The summed E-state index contributed by atoms with van der Waals surface area (Å²) in [5, 5.41) is 0.748. The van der Waals surface area contributed by atoms with E-state index in [4.69, 9.17) is 25.9 Å². The molecule has 0 spiro atoms. The van der Waals surface area contributed by atoms with Crippen molar-refractivity contribution >= 4 is 17.8 Å². The molecule has 1 rings (SSSR count). The Labute approximate surface area is 94.0 Å². The Morgan fingerprint density at radius 2 is 1.80 bits per heavy atom. The fourth-order valence-corrected chi connectivity index (χ4v) is 0.991. The molecule has 0 aliphatic rings. The Kier molecular flexibility index (Phi) is 8.44. The third-order valence-electron chi connectivity index (χ3n) is 1.58. The molecule has 0 N–H and O–H groups in total. The molecular formula is C11H13ClO3. The molecular weight excluding hydrogens is 216 g/mol. The van der Waals surface area contributed by atoms with E-state index in [0.29, 0.717) is 0 Å². The molecule has 15 heavy (non-hydrogen) atoms. The molecule has 1 aromatic rings. The number of benzene rings is 1. The van der Waals surface area contributed by atoms with E-state index in [1.165, 1.54) is 0 Å². The van der Waals surface area contributed by atoms with Gasteiger partial charge in [-0.1, -0.05) is 24.9 Å². The number of hydrogen-bond donors (Lipinski definition) is 0. The number of carbonyl (C=O) groups excluding carboxylic acids is 2. The van der Waals surface area contributed by atoms with Gasteiger partial charge in [-0.3, -0.25) is 0 Å². The largest absolute Gasteiger partial charge is 0.494 e. The predicted octanol–water partition coefficient (Wildman–Crippen LogP) is 2.94. The highest BCUT2D eigenvalue weighted by Crippen LogP contribution is 2.15. The molecule has 82 valence electrons. The molecule has 0 atom stereocenters. The van der Waals surface area contributed by atoms with E-state index >= 15 is 0 Å². The van der Waals surface area contributed by atoms with E-state index in [1.807, 2.05) is 24.3 Å². The summed E-state index contributed by atoms with van der Waals surface area (Å²) in [6.07, 6.45) is 2.51. The Morgan fingerprint density at radius 3 is 2.27 bits per heavy atom. The zero-order chi connectivity index (χ0) is 11.5. The van der Waals surface area contributed by atoms with Crippen molar-refractivity contribution in [1.29, 1.82) is 0 Å². The molecule has 0 fully saturated rings.